The lowest BCUT2D eigenvalue weighted by atomic mass is 10.1. The van der Waals surface area contributed by atoms with Gasteiger partial charge in [0.15, 0.2) is 0 Å². The summed E-state index contributed by atoms with van der Waals surface area (Å²) < 4.78 is 4.82. The quantitative estimate of drug-likeness (QED) is 0.361. The third-order valence-electron chi connectivity index (χ3n) is 1.76. The van der Waals surface area contributed by atoms with Crippen LogP contribution in [-0.4, -0.2) is 58.1 Å². The van der Waals surface area contributed by atoms with Gasteiger partial charge in [-0.1, -0.05) is 0 Å². The zero-order valence-electron chi connectivity index (χ0n) is 5.92. The Morgan fingerprint density at radius 1 is 1.45 bits per heavy atom. The summed E-state index contributed by atoms with van der Waals surface area (Å²) in [6.07, 6.45) is -4.05. The number of ether oxygens (including phenoxy) is 1. The predicted octanol–water partition coefficient (Wildman–Crippen LogP) is -2.54. The van der Waals surface area contributed by atoms with Crippen molar-refractivity contribution in [2.75, 3.05) is 13.2 Å². The van der Waals surface area contributed by atoms with Crippen molar-refractivity contribution in [2.24, 2.45) is 0 Å². The summed E-state index contributed by atoms with van der Waals surface area (Å²) in [7, 11) is 0. The molecule has 4 atom stereocenters. The van der Waals surface area contributed by atoms with Crippen molar-refractivity contribution in [2.45, 2.75) is 24.4 Å². The Kier molecular flexibility index (Phi) is 2.80. The molecule has 0 spiro atoms. The third-order valence-corrected chi connectivity index (χ3v) is 1.76. The molecule has 1 aliphatic rings. The number of hydrogen-bond donors (Lipinski definition) is 4. The molecule has 0 aromatic carbocycles. The first-order chi connectivity index (χ1) is 5.16. The molecule has 0 aromatic rings. The number of rotatable bonds is 2. The molecule has 0 unspecified atom stereocenters. The van der Waals surface area contributed by atoms with Crippen LogP contribution in [0.15, 0.2) is 0 Å². The van der Waals surface area contributed by atoms with Crippen molar-refractivity contribution in [1.82, 2.24) is 0 Å². The van der Waals surface area contributed by atoms with E-state index in [4.69, 9.17) is 25.2 Å². The van der Waals surface area contributed by atoms with Gasteiger partial charge in [0.2, 0.25) is 0 Å². The van der Waals surface area contributed by atoms with E-state index in [1.54, 1.807) is 0 Å². The van der Waals surface area contributed by atoms with Crippen LogP contribution < -0.4 is 0 Å². The van der Waals surface area contributed by atoms with Crippen LogP contribution in [0.25, 0.3) is 0 Å². The summed E-state index contributed by atoms with van der Waals surface area (Å²) in [5.41, 5.74) is 0. The molecule has 0 amide bonds. The largest absolute Gasteiger partial charge is 0.394 e. The van der Waals surface area contributed by atoms with Gasteiger partial charge in [-0.2, -0.15) is 0 Å². The molecule has 0 aromatic heterocycles. The first kappa shape index (κ1) is 8.89. The molecule has 0 aliphatic carbocycles. The molecule has 1 saturated heterocycles. The molecule has 0 bridgehead atoms. The van der Waals surface area contributed by atoms with Gasteiger partial charge in [-0.3, -0.25) is 0 Å². The molecule has 1 fully saturated rings. The first-order valence-electron chi connectivity index (χ1n) is 3.43. The molecule has 66 valence electrons. The lowest BCUT2D eigenvalue weighted by Crippen LogP contribution is -2.40. The SMILES string of the molecule is OC[C@H](O)[C@@H]1OC[C@H](O)[C@H]1O. The minimum Gasteiger partial charge on any atom is -0.394 e. The molecular weight excluding hydrogens is 152 g/mol. The standard InChI is InChI=1S/C6H12O5/c7-1-3(8)6-5(10)4(9)2-11-6/h3-10H,1-2H2/t3-,4-,5+,6-/m0/s1. The van der Waals surface area contributed by atoms with Crippen LogP contribution in [0.5, 0.6) is 0 Å². The van der Waals surface area contributed by atoms with E-state index in [2.05, 4.69) is 0 Å². The highest BCUT2D eigenvalue weighted by atomic mass is 16.5. The van der Waals surface area contributed by atoms with E-state index in [1.165, 1.54) is 0 Å². The van der Waals surface area contributed by atoms with Crippen molar-refractivity contribution in [1.29, 1.82) is 0 Å². The molecule has 1 heterocycles. The van der Waals surface area contributed by atoms with E-state index in [0.29, 0.717) is 0 Å². The average molecular weight is 164 g/mol. The number of hydrogen-bond acceptors (Lipinski definition) is 5. The van der Waals surface area contributed by atoms with E-state index in [9.17, 15) is 0 Å². The molecule has 0 saturated carbocycles. The maximum Gasteiger partial charge on any atom is 0.114 e. The fraction of sp³-hybridized carbons (Fsp3) is 1.00. The molecule has 5 nitrogen and oxygen atoms in total. The van der Waals surface area contributed by atoms with Crippen LogP contribution in [0.1, 0.15) is 0 Å². The highest BCUT2D eigenvalue weighted by Crippen LogP contribution is 2.16. The maximum absolute atomic E-state index is 9.11. The highest BCUT2D eigenvalue weighted by Gasteiger charge is 2.38. The Hall–Kier alpha value is -0.200. The molecular formula is C6H12O5. The van der Waals surface area contributed by atoms with Crippen molar-refractivity contribution in [3.63, 3.8) is 0 Å². The van der Waals surface area contributed by atoms with Gasteiger partial charge in [-0.15, -0.1) is 0 Å². The molecule has 1 aliphatic heterocycles. The minimum absolute atomic E-state index is 0.00287. The lowest BCUT2D eigenvalue weighted by Gasteiger charge is -2.18. The zero-order chi connectivity index (χ0) is 8.43. The topological polar surface area (TPSA) is 90.2 Å². The van der Waals surface area contributed by atoms with Gasteiger partial charge in [0.25, 0.3) is 0 Å². The monoisotopic (exact) mass is 164 g/mol. The van der Waals surface area contributed by atoms with Crippen LogP contribution in [0.2, 0.25) is 0 Å². The maximum atomic E-state index is 9.11. The third kappa shape index (κ3) is 1.69. The summed E-state index contributed by atoms with van der Waals surface area (Å²) in [6, 6.07) is 0. The lowest BCUT2D eigenvalue weighted by molar-refractivity contribution is -0.0684. The van der Waals surface area contributed by atoms with Crippen LogP contribution in [-0.2, 0) is 4.74 Å². The Morgan fingerprint density at radius 3 is 2.45 bits per heavy atom. The summed E-state index contributed by atoms with van der Waals surface area (Å²) in [5, 5.41) is 35.5. The average Bonchev–Trinajstić information content (AvgIpc) is 2.32. The second kappa shape index (κ2) is 3.46. The van der Waals surface area contributed by atoms with Gasteiger partial charge in [0.05, 0.1) is 13.2 Å². The van der Waals surface area contributed by atoms with Gasteiger partial charge in [-0.25, -0.2) is 0 Å². The van der Waals surface area contributed by atoms with Crippen molar-refractivity contribution < 1.29 is 25.2 Å². The second-order valence-electron chi connectivity index (χ2n) is 2.61. The molecule has 5 heteroatoms. The molecule has 4 N–H and O–H groups in total. The zero-order valence-corrected chi connectivity index (χ0v) is 5.92. The van der Waals surface area contributed by atoms with E-state index in [1.807, 2.05) is 0 Å². The summed E-state index contributed by atoms with van der Waals surface area (Å²) in [5.74, 6) is 0. The predicted molar refractivity (Wildman–Crippen MR) is 34.8 cm³/mol. The van der Waals surface area contributed by atoms with E-state index >= 15 is 0 Å². The normalized spacial score (nSPS) is 40.9. The Labute approximate surface area is 63.8 Å². The smallest absolute Gasteiger partial charge is 0.114 e. The van der Waals surface area contributed by atoms with Crippen LogP contribution in [0, 0.1) is 0 Å². The molecule has 0 radical (unpaired) electrons. The van der Waals surface area contributed by atoms with E-state index < -0.39 is 31.0 Å². The first-order valence-corrected chi connectivity index (χ1v) is 3.43. The van der Waals surface area contributed by atoms with Crippen LogP contribution in [0.4, 0.5) is 0 Å². The van der Waals surface area contributed by atoms with Gasteiger partial charge in [0.1, 0.15) is 24.4 Å². The van der Waals surface area contributed by atoms with Gasteiger partial charge < -0.3 is 25.2 Å². The number of aliphatic hydroxyl groups is 4. The fourth-order valence-corrected chi connectivity index (χ4v) is 1.07. The van der Waals surface area contributed by atoms with Crippen molar-refractivity contribution in [3.8, 4) is 0 Å². The molecule has 11 heavy (non-hydrogen) atoms. The van der Waals surface area contributed by atoms with E-state index in [-0.39, 0.29) is 6.61 Å². The summed E-state index contributed by atoms with van der Waals surface area (Å²) in [4.78, 5) is 0. The van der Waals surface area contributed by atoms with Crippen molar-refractivity contribution in [3.05, 3.63) is 0 Å². The Balaban J connectivity index is 2.47. The van der Waals surface area contributed by atoms with Crippen LogP contribution in [0.3, 0.4) is 0 Å². The van der Waals surface area contributed by atoms with Gasteiger partial charge in [-0.05, 0) is 0 Å². The second-order valence-corrected chi connectivity index (χ2v) is 2.61. The highest BCUT2D eigenvalue weighted by molar-refractivity contribution is 4.87. The summed E-state index contributed by atoms with van der Waals surface area (Å²) in [6.45, 7) is -0.475. The van der Waals surface area contributed by atoms with Gasteiger partial charge in [0, 0.05) is 0 Å². The Bertz CT molecular complexity index is 128. The number of aliphatic hydroxyl groups excluding tert-OH is 4. The minimum atomic E-state index is -1.12. The van der Waals surface area contributed by atoms with Crippen LogP contribution >= 0.6 is 0 Å². The Morgan fingerprint density at radius 2 is 2.09 bits per heavy atom. The molecule has 1 rings (SSSR count). The fourth-order valence-electron chi connectivity index (χ4n) is 1.07. The van der Waals surface area contributed by atoms with Gasteiger partial charge >= 0.3 is 0 Å². The summed E-state index contributed by atoms with van der Waals surface area (Å²) >= 11 is 0. The van der Waals surface area contributed by atoms with E-state index in [0.717, 1.165) is 0 Å². The van der Waals surface area contributed by atoms with Crippen molar-refractivity contribution >= 4 is 0 Å².